The molecule has 0 fully saturated rings. The van der Waals surface area contributed by atoms with E-state index in [-0.39, 0.29) is 17.1 Å². The van der Waals surface area contributed by atoms with Gasteiger partial charge in [0.1, 0.15) is 5.82 Å². The number of amidine groups is 1. The lowest BCUT2D eigenvalue weighted by Crippen LogP contribution is -2.33. The van der Waals surface area contributed by atoms with Crippen molar-refractivity contribution < 1.29 is 9.18 Å². The van der Waals surface area contributed by atoms with Crippen molar-refractivity contribution >= 4 is 28.5 Å². The number of carbonyl (C=O) groups excluding carboxylic acids is 1. The molecule has 0 saturated heterocycles. The first-order valence-corrected chi connectivity index (χ1v) is 10.3. The number of hydrogen-bond acceptors (Lipinski definition) is 4. The fraction of sp³-hybridized carbons (Fsp3) is 0.364. The fourth-order valence-corrected chi connectivity index (χ4v) is 4.00. The summed E-state index contributed by atoms with van der Waals surface area (Å²) < 4.78 is 14.3. The maximum atomic E-state index is 14.3. The average molecular weight is 402 g/mol. The van der Waals surface area contributed by atoms with Gasteiger partial charge in [-0.05, 0) is 64.3 Å². The fourth-order valence-electron chi connectivity index (χ4n) is 2.97. The van der Waals surface area contributed by atoms with Gasteiger partial charge in [0.2, 0.25) is 0 Å². The molecule has 1 unspecified atom stereocenters. The van der Waals surface area contributed by atoms with Crippen LogP contribution < -0.4 is 11.1 Å². The summed E-state index contributed by atoms with van der Waals surface area (Å²) in [6.45, 7) is 7.70. The van der Waals surface area contributed by atoms with Crippen LogP contribution in [0, 0.1) is 5.82 Å². The molecular formula is C22H28FN3OS. The quantitative estimate of drug-likeness (QED) is 0.521. The zero-order valence-corrected chi connectivity index (χ0v) is 17.7. The molecule has 0 radical (unpaired) electrons. The summed E-state index contributed by atoms with van der Waals surface area (Å²) in [7, 11) is 0. The predicted molar refractivity (Wildman–Crippen MR) is 118 cm³/mol. The van der Waals surface area contributed by atoms with Gasteiger partial charge in [-0.15, -0.1) is 0 Å². The number of nitrogens with one attached hydrogen (secondary N) is 1. The lowest BCUT2D eigenvalue weighted by atomic mass is 9.90. The highest BCUT2D eigenvalue weighted by molar-refractivity contribution is 8.13. The van der Waals surface area contributed by atoms with Gasteiger partial charge in [-0.2, -0.15) is 0 Å². The molecule has 1 atom stereocenters. The number of carbonyl (C=O) groups is 1. The average Bonchev–Trinajstić information content (AvgIpc) is 2.63. The highest BCUT2D eigenvalue weighted by Gasteiger charge is 2.28. The third kappa shape index (κ3) is 6.09. The number of rotatable bonds is 6. The molecule has 1 heterocycles. The molecule has 0 aromatic heterocycles. The zero-order valence-electron chi connectivity index (χ0n) is 16.9. The van der Waals surface area contributed by atoms with Crippen molar-refractivity contribution in [1.82, 2.24) is 0 Å². The van der Waals surface area contributed by atoms with Crippen molar-refractivity contribution in [3.8, 4) is 0 Å². The first-order chi connectivity index (χ1) is 13.3. The van der Waals surface area contributed by atoms with Gasteiger partial charge in [-0.1, -0.05) is 41.6 Å². The number of nitrogens with two attached hydrogens (primary N) is 1. The second-order valence-electron chi connectivity index (χ2n) is 7.12. The standard InChI is InChI=1S/C22H28FN3OS/c1-5-7-17(12-15(3)6-2)20(27)25-19-13-16(8-9-18(19)23)14-22(4)10-11-28-21(24)26-22/h5-9,12-13H,10-11,14H2,1-4H3,(H2,24,26)(H,25,27)/b7-5+,15-6-,17-12+. The molecule has 0 aliphatic carbocycles. The van der Waals surface area contributed by atoms with E-state index >= 15 is 0 Å². The van der Waals surface area contributed by atoms with Crippen molar-refractivity contribution in [2.24, 2.45) is 10.7 Å². The van der Waals surface area contributed by atoms with Gasteiger partial charge in [0.25, 0.3) is 5.91 Å². The van der Waals surface area contributed by atoms with Crippen LogP contribution in [0.3, 0.4) is 0 Å². The molecule has 1 aromatic carbocycles. The van der Waals surface area contributed by atoms with Crippen LogP contribution in [0.15, 0.2) is 58.6 Å². The molecule has 0 spiro atoms. The second-order valence-corrected chi connectivity index (χ2v) is 8.24. The number of hydrogen-bond donors (Lipinski definition) is 2. The van der Waals surface area contributed by atoms with Gasteiger partial charge in [0.15, 0.2) is 5.17 Å². The van der Waals surface area contributed by atoms with Crippen LogP contribution in [0.1, 0.15) is 39.7 Å². The lowest BCUT2D eigenvalue weighted by Gasteiger charge is -2.29. The largest absolute Gasteiger partial charge is 0.379 e. The summed E-state index contributed by atoms with van der Waals surface area (Å²) in [5.74, 6) is 0.100. The highest BCUT2D eigenvalue weighted by Crippen LogP contribution is 2.30. The minimum absolute atomic E-state index is 0.168. The lowest BCUT2D eigenvalue weighted by molar-refractivity contribution is -0.112. The van der Waals surface area contributed by atoms with Crippen molar-refractivity contribution in [3.05, 3.63) is 65.0 Å². The Morgan fingerprint density at radius 2 is 2.18 bits per heavy atom. The van der Waals surface area contributed by atoms with Crippen molar-refractivity contribution in [2.45, 2.75) is 46.1 Å². The smallest absolute Gasteiger partial charge is 0.255 e. The summed E-state index contributed by atoms with van der Waals surface area (Å²) in [6, 6.07) is 4.80. The van der Waals surface area contributed by atoms with Gasteiger partial charge in [0, 0.05) is 11.3 Å². The minimum atomic E-state index is -0.466. The van der Waals surface area contributed by atoms with Gasteiger partial charge < -0.3 is 11.1 Å². The third-order valence-electron chi connectivity index (χ3n) is 4.58. The van der Waals surface area contributed by atoms with Crippen molar-refractivity contribution in [2.75, 3.05) is 11.1 Å². The Labute approximate surface area is 170 Å². The first kappa shape index (κ1) is 22.0. The number of halogens is 1. The number of thioether (sulfide) groups is 1. The van der Waals surface area contributed by atoms with E-state index in [0.717, 1.165) is 23.3 Å². The van der Waals surface area contributed by atoms with Crippen LogP contribution in [0.2, 0.25) is 0 Å². The molecule has 3 N–H and O–H groups in total. The Morgan fingerprint density at radius 3 is 2.82 bits per heavy atom. The Kier molecular flexibility index (Phi) is 7.63. The Balaban J connectivity index is 2.24. The summed E-state index contributed by atoms with van der Waals surface area (Å²) >= 11 is 1.55. The summed E-state index contributed by atoms with van der Waals surface area (Å²) in [4.78, 5) is 17.2. The highest BCUT2D eigenvalue weighted by atomic mass is 32.2. The van der Waals surface area contributed by atoms with E-state index in [1.165, 1.54) is 6.07 Å². The normalized spacial score (nSPS) is 21.0. The monoisotopic (exact) mass is 401 g/mol. The SMILES string of the molecule is C\C=C(C)/C=C(\C=C\C)C(=O)Nc1cc(CC2(C)CCSC(N)=N2)ccc1F. The molecule has 0 saturated carbocycles. The number of anilines is 1. The van der Waals surface area contributed by atoms with E-state index in [1.54, 1.807) is 42.1 Å². The molecular weight excluding hydrogens is 373 g/mol. The zero-order chi connectivity index (χ0) is 20.7. The Morgan fingerprint density at radius 1 is 1.43 bits per heavy atom. The summed E-state index contributed by atoms with van der Waals surface area (Å²) in [5.41, 5.74) is 8.06. The molecule has 6 heteroatoms. The first-order valence-electron chi connectivity index (χ1n) is 9.31. The molecule has 1 aromatic rings. The molecule has 28 heavy (non-hydrogen) atoms. The molecule has 1 aliphatic rings. The summed E-state index contributed by atoms with van der Waals surface area (Å²) in [5, 5.41) is 3.29. The van der Waals surface area contributed by atoms with Crippen LogP contribution in [0.4, 0.5) is 10.1 Å². The molecule has 1 amide bonds. The van der Waals surface area contributed by atoms with Crippen LogP contribution in [0.25, 0.3) is 0 Å². The number of benzene rings is 1. The number of aliphatic imine (C=N–C) groups is 1. The van der Waals surface area contributed by atoms with E-state index in [1.807, 2.05) is 33.8 Å². The number of nitrogens with zero attached hydrogens (tertiary/aromatic N) is 1. The van der Waals surface area contributed by atoms with Crippen LogP contribution in [-0.2, 0) is 11.2 Å². The Hall–Kier alpha value is -2.34. The molecule has 150 valence electrons. The maximum Gasteiger partial charge on any atom is 0.255 e. The van der Waals surface area contributed by atoms with E-state index in [4.69, 9.17) is 5.73 Å². The van der Waals surface area contributed by atoms with Gasteiger partial charge >= 0.3 is 0 Å². The van der Waals surface area contributed by atoms with Crippen LogP contribution in [-0.4, -0.2) is 22.4 Å². The van der Waals surface area contributed by atoms with E-state index in [9.17, 15) is 9.18 Å². The number of allylic oxidation sites excluding steroid dienone is 4. The second kappa shape index (κ2) is 9.73. The van der Waals surface area contributed by atoms with Crippen molar-refractivity contribution in [3.63, 3.8) is 0 Å². The molecule has 0 bridgehead atoms. The third-order valence-corrected chi connectivity index (χ3v) is 5.38. The van der Waals surface area contributed by atoms with Crippen LogP contribution in [0.5, 0.6) is 0 Å². The predicted octanol–water partition coefficient (Wildman–Crippen LogP) is 4.99. The van der Waals surface area contributed by atoms with Gasteiger partial charge in [0.05, 0.1) is 11.2 Å². The number of amides is 1. The van der Waals surface area contributed by atoms with Crippen LogP contribution >= 0.6 is 11.8 Å². The molecule has 2 rings (SSSR count). The van der Waals surface area contributed by atoms with Crippen molar-refractivity contribution in [1.29, 1.82) is 0 Å². The topological polar surface area (TPSA) is 67.5 Å². The van der Waals surface area contributed by atoms with E-state index in [2.05, 4.69) is 10.3 Å². The Bertz CT molecular complexity index is 857. The molecule has 4 nitrogen and oxygen atoms in total. The minimum Gasteiger partial charge on any atom is -0.379 e. The molecule has 1 aliphatic heterocycles. The van der Waals surface area contributed by atoms with Gasteiger partial charge in [-0.3, -0.25) is 9.79 Å². The van der Waals surface area contributed by atoms with E-state index < -0.39 is 5.82 Å². The van der Waals surface area contributed by atoms with E-state index in [0.29, 0.717) is 17.2 Å². The maximum absolute atomic E-state index is 14.3. The summed E-state index contributed by atoms with van der Waals surface area (Å²) in [6.07, 6.45) is 8.71. The van der Waals surface area contributed by atoms with Gasteiger partial charge in [-0.25, -0.2) is 4.39 Å².